The van der Waals surface area contributed by atoms with Crippen LogP contribution in [0.4, 0.5) is 0 Å². The normalized spacial score (nSPS) is 40.3. The second-order valence-electron chi connectivity index (χ2n) is 6.46. The van der Waals surface area contributed by atoms with Crippen molar-refractivity contribution in [3.63, 3.8) is 0 Å². The molecule has 0 bridgehead atoms. The Morgan fingerprint density at radius 3 is 2.37 bits per heavy atom. The van der Waals surface area contributed by atoms with Crippen LogP contribution in [-0.2, 0) is 9.47 Å². The molecule has 112 valence electrons. The van der Waals surface area contributed by atoms with E-state index in [4.69, 9.17) is 22.1 Å². The monoisotopic (exact) mass is 286 g/mol. The third-order valence-corrected chi connectivity index (χ3v) is 5.33. The predicted molar refractivity (Wildman–Crippen MR) is 82.9 cm³/mol. The van der Waals surface area contributed by atoms with E-state index in [1.807, 2.05) is 0 Å². The second-order valence-corrected chi connectivity index (χ2v) is 7.12. The van der Waals surface area contributed by atoms with E-state index in [2.05, 4.69) is 13.8 Å². The minimum atomic E-state index is 0.347. The van der Waals surface area contributed by atoms with E-state index in [0.29, 0.717) is 17.5 Å². The molecule has 0 aromatic carbocycles. The molecule has 0 amide bonds. The minimum Gasteiger partial charge on any atom is -0.378 e. The zero-order valence-corrected chi connectivity index (χ0v) is 13.4. The molecule has 2 fully saturated rings. The molecule has 0 aromatic rings. The van der Waals surface area contributed by atoms with Gasteiger partial charge in [-0.2, -0.15) is 12.6 Å². The quantitative estimate of drug-likeness (QED) is 0.768. The lowest BCUT2D eigenvalue weighted by atomic mass is 9.83. The standard InChI is InChI=1S/C16H30O2S/c1-3-17-14-8-9-15(16(19)10-14)18-11-13-6-4-12(2)5-7-13/h12-16,19H,3-11H2,1-2H3. The Morgan fingerprint density at radius 1 is 1.00 bits per heavy atom. The van der Waals surface area contributed by atoms with Gasteiger partial charge >= 0.3 is 0 Å². The van der Waals surface area contributed by atoms with Crippen molar-refractivity contribution in [2.24, 2.45) is 11.8 Å². The van der Waals surface area contributed by atoms with Crippen LogP contribution < -0.4 is 0 Å². The highest BCUT2D eigenvalue weighted by Gasteiger charge is 2.30. The first-order chi connectivity index (χ1) is 9.19. The first-order valence-corrected chi connectivity index (χ1v) is 8.62. The summed E-state index contributed by atoms with van der Waals surface area (Å²) in [7, 11) is 0. The Kier molecular flexibility index (Phi) is 6.51. The number of hydrogen-bond acceptors (Lipinski definition) is 3. The first-order valence-electron chi connectivity index (χ1n) is 8.10. The van der Waals surface area contributed by atoms with Crippen LogP contribution in [0.2, 0.25) is 0 Å². The van der Waals surface area contributed by atoms with Crippen molar-refractivity contribution in [2.45, 2.75) is 76.3 Å². The molecular weight excluding hydrogens is 256 g/mol. The summed E-state index contributed by atoms with van der Waals surface area (Å²) in [5.74, 6) is 1.72. The average Bonchev–Trinajstić information content (AvgIpc) is 2.40. The smallest absolute Gasteiger partial charge is 0.0693 e. The molecule has 3 atom stereocenters. The highest BCUT2D eigenvalue weighted by Crippen LogP contribution is 2.31. The molecule has 0 aliphatic heterocycles. The fraction of sp³-hybridized carbons (Fsp3) is 1.00. The lowest BCUT2D eigenvalue weighted by molar-refractivity contribution is -0.0368. The summed E-state index contributed by atoms with van der Waals surface area (Å²) in [5, 5.41) is 0.354. The van der Waals surface area contributed by atoms with Crippen LogP contribution >= 0.6 is 12.6 Å². The van der Waals surface area contributed by atoms with Gasteiger partial charge in [0.2, 0.25) is 0 Å². The van der Waals surface area contributed by atoms with Gasteiger partial charge in [0.15, 0.2) is 0 Å². The van der Waals surface area contributed by atoms with Gasteiger partial charge in [0.05, 0.1) is 12.2 Å². The highest BCUT2D eigenvalue weighted by molar-refractivity contribution is 7.81. The van der Waals surface area contributed by atoms with Gasteiger partial charge in [0.1, 0.15) is 0 Å². The van der Waals surface area contributed by atoms with Gasteiger partial charge < -0.3 is 9.47 Å². The molecular formula is C16H30O2S. The third-order valence-electron chi connectivity index (χ3n) is 4.79. The van der Waals surface area contributed by atoms with Gasteiger partial charge in [-0.25, -0.2) is 0 Å². The molecule has 0 heterocycles. The summed E-state index contributed by atoms with van der Waals surface area (Å²) in [5.41, 5.74) is 0. The van der Waals surface area contributed by atoms with E-state index in [1.54, 1.807) is 0 Å². The Bertz CT molecular complexity index is 251. The molecule has 2 nitrogen and oxygen atoms in total. The van der Waals surface area contributed by atoms with Gasteiger partial charge in [0, 0.05) is 18.5 Å². The summed E-state index contributed by atoms with van der Waals surface area (Å²) < 4.78 is 11.9. The maximum Gasteiger partial charge on any atom is 0.0693 e. The summed E-state index contributed by atoms with van der Waals surface area (Å²) in [4.78, 5) is 0. The van der Waals surface area contributed by atoms with Crippen LogP contribution in [0.15, 0.2) is 0 Å². The van der Waals surface area contributed by atoms with Crippen LogP contribution in [0.3, 0.4) is 0 Å². The van der Waals surface area contributed by atoms with Crippen molar-refractivity contribution in [1.82, 2.24) is 0 Å². The van der Waals surface area contributed by atoms with Crippen LogP contribution in [0, 0.1) is 11.8 Å². The van der Waals surface area contributed by atoms with E-state index in [0.717, 1.165) is 44.3 Å². The van der Waals surface area contributed by atoms with Gasteiger partial charge in [-0.15, -0.1) is 0 Å². The molecule has 19 heavy (non-hydrogen) atoms. The Labute approximate surface area is 124 Å². The SMILES string of the molecule is CCOC1CCC(OCC2CCC(C)CC2)C(S)C1. The second kappa shape index (κ2) is 7.90. The van der Waals surface area contributed by atoms with Crippen molar-refractivity contribution in [1.29, 1.82) is 0 Å². The highest BCUT2D eigenvalue weighted by atomic mass is 32.1. The van der Waals surface area contributed by atoms with Crippen molar-refractivity contribution in [3.05, 3.63) is 0 Å². The minimum absolute atomic E-state index is 0.347. The third kappa shape index (κ3) is 4.95. The van der Waals surface area contributed by atoms with Crippen LogP contribution in [0.5, 0.6) is 0 Å². The molecule has 3 heteroatoms. The molecule has 0 N–H and O–H groups in total. The Morgan fingerprint density at radius 2 is 1.74 bits per heavy atom. The molecule has 0 spiro atoms. The predicted octanol–water partition coefficient (Wildman–Crippen LogP) is 4.09. The Balaban J connectivity index is 1.66. The molecule has 2 saturated carbocycles. The van der Waals surface area contributed by atoms with Crippen molar-refractivity contribution in [2.75, 3.05) is 13.2 Å². The molecule has 0 aromatic heterocycles. The topological polar surface area (TPSA) is 18.5 Å². The number of ether oxygens (including phenoxy) is 2. The van der Waals surface area contributed by atoms with E-state index < -0.39 is 0 Å². The summed E-state index contributed by atoms with van der Waals surface area (Å²) in [6.07, 6.45) is 9.52. The van der Waals surface area contributed by atoms with Gasteiger partial charge in [-0.3, -0.25) is 0 Å². The zero-order valence-electron chi connectivity index (χ0n) is 12.5. The van der Waals surface area contributed by atoms with Crippen LogP contribution in [0.25, 0.3) is 0 Å². The maximum absolute atomic E-state index is 6.16. The Hall–Kier alpha value is 0.270. The molecule has 0 saturated heterocycles. The lowest BCUT2D eigenvalue weighted by Gasteiger charge is -2.35. The molecule has 2 aliphatic carbocycles. The summed E-state index contributed by atoms with van der Waals surface area (Å²) in [6.45, 7) is 6.21. The largest absolute Gasteiger partial charge is 0.378 e. The molecule has 0 radical (unpaired) electrons. The number of rotatable bonds is 5. The average molecular weight is 286 g/mol. The molecule has 3 unspecified atom stereocenters. The van der Waals surface area contributed by atoms with Crippen molar-refractivity contribution in [3.8, 4) is 0 Å². The zero-order chi connectivity index (χ0) is 13.7. The summed E-state index contributed by atoms with van der Waals surface area (Å²) in [6, 6.07) is 0. The fourth-order valence-electron chi connectivity index (χ4n) is 3.42. The van der Waals surface area contributed by atoms with Gasteiger partial charge in [0.25, 0.3) is 0 Å². The molecule has 2 rings (SSSR count). The van der Waals surface area contributed by atoms with Gasteiger partial charge in [-0.05, 0) is 50.9 Å². The van der Waals surface area contributed by atoms with E-state index in [-0.39, 0.29) is 0 Å². The van der Waals surface area contributed by atoms with Crippen molar-refractivity contribution >= 4 is 12.6 Å². The van der Waals surface area contributed by atoms with Crippen LogP contribution in [0.1, 0.15) is 58.8 Å². The fourth-order valence-corrected chi connectivity index (χ4v) is 3.89. The lowest BCUT2D eigenvalue weighted by Crippen LogP contribution is -2.37. The van der Waals surface area contributed by atoms with E-state index >= 15 is 0 Å². The van der Waals surface area contributed by atoms with E-state index in [1.165, 1.54) is 25.7 Å². The summed E-state index contributed by atoms with van der Waals surface area (Å²) >= 11 is 4.72. The molecule has 2 aliphatic rings. The number of thiol groups is 1. The first kappa shape index (κ1) is 15.7. The van der Waals surface area contributed by atoms with E-state index in [9.17, 15) is 0 Å². The maximum atomic E-state index is 6.16. The van der Waals surface area contributed by atoms with Crippen molar-refractivity contribution < 1.29 is 9.47 Å². The van der Waals surface area contributed by atoms with Crippen LogP contribution in [-0.4, -0.2) is 30.7 Å². The number of hydrogen-bond donors (Lipinski definition) is 1. The van der Waals surface area contributed by atoms with Gasteiger partial charge in [-0.1, -0.05) is 19.8 Å².